The molecule has 7 heteroatoms. The number of hydrogen-bond donors (Lipinski definition) is 1. The minimum atomic E-state index is -0.317. The van der Waals surface area contributed by atoms with Crippen LogP contribution in [0.3, 0.4) is 0 Å². The van der Waals surface area contributed by atoms with Crippen molar-refractivity contribution >= 4 is 11.8 Å². The van der Waals surface area contributed by atoms with Gasteiger partial charge < -0.3 is 14.3 Å². The van der Waals surface area contributed by atoms with E-state index in [-0.39, 0.29) is 30.3 Å². The van der Waals surface area contributed by atoms with Gasteiger partial charge in [-0.15, -0.1) is 0 Å². The number of aromatic amines is 1. The van der Waals surface area contributed by atoms with E-state index >= 15 is 0 Å². The first-order valence-electron chi connectivity index (χ1n) is 8.71. The van der Waals surface area contributed by atoms with E-state index in [1.807, 2.05) is 6.07 Å². The van der Waals surface area contributed by atoms with Crippen LogP contribution in [0.2, 0.25) is 0 Å². The van der Waals surface area contributed by atoms with Crippen molar-refractivity contribution in [1.82, 2.24) is 15.0 Å². The lowest BCUT2D eigenvalue weighted by Crippen LogP contribution is -2.51. The average Bonchev–Trinajstić information content (AvgIpc) is 3.03. The number of H-pyrrole nitrogens is 1. The molecule has 0 spiro atoms. The molecule has 7 nitrogen and oxygen atoms in total. The van der Waals surface area contributed by atoms with Crippen molar-refractivity contribution in [3.8, 4) is 0 Å². The molecule has 3 rings (SSSR count). The molecular formula is C19H23N3O4. The Hall–Kier alpha value is -2.83. The van der Waals surface area contributed by atoms with E-state index in [4.69, 9.17) is 4.52 Å². The van der Waals surface area contributed by atoms with Gasteiger partial charge >= 0.3 is 0 Å². The minimum Gasteiger partial charge on any atom is -0.384 e. The number of nitrogens with zero attached hydrogens (tertiary/aromatic N) is 2. The first-order chi connectivity index (χ1) is 12.4. The fraction of sp³-hybridized carbons (Fsp3) is 0.421. The predicted octanol–water partition coefficient (Wildman–Crippen LogP) is 1.39. The maximum atomic E-state index is 12.4. The molecular weight excluding hydrogens is 334 g/mol. The number of benzene rings is 1. The second-order valence-electron chi connectivity index (χ2n) is 6.73. The summed E-state index contributed by atoms with van der Waals surface area (Å²) in [4.78, 5) is 39.1. The van der Waals surface area contributed by atoms with E-state index in [1.165, 1.54) is 17.2 Å². The van der Waals surface area contributed by atoms with Crippen molar-refractivity contribution in [1.29, 1.82) is 0 Å². The summed E-state index contributed by atoms with van der Waals surface area (Å²) in [5.41, 5.74) is 3.22. The summed E-state index contributed by atoms with van der Waals surface area (Å²) in [6.07, 6.45) is 0.555. The summed E-state index contributed by atoms with van der Waals surface area (Å²) in [6, 6.07) is 7.54. The molecule has 0 atom stereocenters. The summed E-state index contributed by atoms with van der Waals surface area (Å²) >= 11 is 0. The largest absolute Gasteiger partial charge is 0.384 e. The summed E-state index contributed by atoms with van der Waals surface area (Å²) in [5.74, 6) is 0.298. The molecule has 26 heavy (non-hydrogen) atoms. The quantitative estimate of drug-likeness (QED) is 0.876. The minimum absolute atomic E-state index is 0.0454. The Balaban J connectivity index is 1.52. The lowest BCUT2D eigenvalue weighted by atomic mass is 10.1. The predicted molar refractivity (Wildman–Crippen MR) is 95.6 cm³/mol. The molecule has 1 aromatic heterocycles. The highest BCUT2D eigenvalue weighted by Gasteiger charge is 2.27. The molecule has 0 bridgehead atoms. The Morgan fingerprint density at radius 3 is 2.62 bits per heavy atom. The topological polar surface area (TPSA) is 86.6 Å². The summed E-state index contributed by atoms with van der Waals surface area (Å²) < 4.78 is 4.94. The van der Waals surface area contributed by atoms with Gasteiger partial charge in [-0.3, -0.25) is 14.4 Å². The zero-order chi connectivity index (χ0) is 18.7. The van der Waals surface area contributed by atoms with E-state index in [0.717, 1.165) is 5.56 Å². The van der Waals surface area contributed by atoms with Gasteiger partial charge in [-0.05, 0) is 30.5 Å². The zero-order valence-electron chi connectivity index (χ0n) is 15.1. The van der Waals surface area contributed by atoms with Crippen molar-refractivity contribution in [2.45, 2.75) is 33.2 Å². The number of amides is 2. The van der Waals surface area contributed by atoms with Gasteiger partial charge in [0.1, 0.15) is 5.76 Å². The van der Waals surface area contributed by atoms with Crippen LogP contribution in [0.25, 0.3) is 0 Å². The molecule has 0 unspecified atom stereocenters. The second-order valence-corrected chi connectivity index (χ2v) is 6.73. The van der Waals surface area contributed by atoms with Crippen LogP contribution in [0.1, 0.15) is 28.9 Å². The van der Waals surface area contributed by atoms with Crippen molar-refractivity contribution in [2.75, 3.05) is 19.6 Å². The van der Waals surface area contributed by atoms with Crippen LogP contribution in [0.15, 0.2) is 33.6 Å². The van der Waals surface area contributed by atoms with E-state index in [0.29, 0.717) is 31.8 Å². The number of aryl methyl sites for hydroxylation is 3. The van der Waals surface area contributed by atoms with Crippen LogP contribution in [-0.2, 0) is 22.6 Å². The lowest BCUT2D eigenvalue weighted by Gasteiger charge is -2.34. The summed E-state index contributed by atoms with van der Waals surface area (Å²) in [7, 11) is 0. The van der Waals surface area contributed by atoms with Gasteiger partial charge in [0, 0.05) is 38.5 Å². The zero-order valence-corrected chi connectivity index (χ0v) is 15.1. The average molecular weight is 357 g/mol. The first-order valence-corrected chi connectivity index (χ1v) is 8.71. The molecule has 138 valence electrons. The van der Waals surface area contributed by atoms with Crippen LogP contribution in [-0.4, -0.2) is 46.4 Å². The van der Waals surface area contributed by atoms with Crippen LogP contribution in [0.5, 0.6) is 0 Å². The van der Waals surface area contributed by atoms with Crippen LogP contribution in [0.4, 0.5) is 0 Å². The highest BCUT2D eigenvalue weighted by Crippen LogP contribution is 2.14. The number of hydrogen-bond acceptors (Lipinski definition) is 4. The fourth-order valence-corrected chi connectivity index (χ4v) is 3.04. The Morgan fingerprint density at radius 2 is 1.96 bits per heavy atom. The molecule has 0 radical (unpaired) electrons. The number of carbonyl (C=O) groups excluding carboxylic acids is 2. The van der Waals surface area contributed by atoms with Gasteiger partial charge in [-0.1, -0.05) is 18.2 Å². The van der Waals surface area contributed by atoms with Gasteiger partial charge in [-0.25, -0.2) is 0 Å². The maximum Gasteiger partial charge on any atom is 0.280 e. The molecule has 2 aromatic rings. The molecule has 1 N–H and O–H groups in total. The van der Waals surface area contributed by atoms with E-state index < -0.39 is 0 Å². The molecule has 1 aliphatic rings. The summed E-state index contributed by atoms with van der Waals surface area (Å²) in [5, 5.41) is 2.20. The monoisotopic (exact) mass is 357 g/mol. The number of piperazine rings is 1. The number of carbonyl (C=O) groups is 2. The smallest absolute Gasteiger partial charge is 0.280 e. The van der Waals surface area contributed by atoms with Crippen molar-refractivity contribution in [3.05, 3.63) is 57.1 Å². The second kappa shape index (κ2) is 7.59. The number of rotatable bonds is 5. The summed E-state index contributed by atoms with van der Waals surface area (Å²) in [6.45, 7) is 5.83. The van der Waals surface area contributed by atoms with Crippen LogP contribution in [0, 0.1) is 13.8 Å². The molecule has 0 saturated carbocycles. The number of aromatic nitrogens is 1. The SMILES string of the molecule is Cc1ccc(CN2CCN(C(=O)CCc3cc(=O)[nH]o3)CC2=O)cc1C. The Labute approximate surface area is 151 Å². The normalized spacial score (nSPS) is 14.8. The van der Waals surface area contributed by atoms with Crippen LogP contribution >= 0.6 is 0 Å². The maximum absolute atomic E-state index is 12.4. The lowest BCUT2D eigenvalue weighted by molar-refractivity contribution is -0.145. The molecule has 0 aliphatic carbocycles. The van der Waals surface area contributed by atoms with E-state index in [9.17, 15) is 14.4 Å². The molecule has 1 saturated heterocycles. The van der Waals surface area contributed by atoms with Crippen molar-refractivity contribution in [3.63, 3.8) is 0 Å². The Kier molecular flexibility index (Phi) is 5.25. The van der Waals surface area contributed by atoms with Crippen LogP contribution < -0.4 is 5.56 Å². The number of nitrogens with one attached hydrogen (secondary N) is 1. The van der Waals surface area contributed by atoms with Gasteiger partial charge in [0.05, 0.1) is 6.54 Å². The first kappa shape index (κ1) is 18.0. The highest BCUT2D eigenvalue weighted by molar-refractivity contribution is 5.86. The third-order valence-corrected chi connectivity index (χ3v) is 4.78. The van der Waals surface area contributed by atoms with Gasteiger partial charge in [0.15, 0.2) is 0 Å². The van der Waals surface area contributed by atoms with Crippen molar-refractivity contribution < 1.29 is 14.1 Å². The standard InChI is InChI=1S/C19H23N3O4/c1-13-3-4-15(9-14(13)2)11-21-7-8-22(12-19(21)25)18(24)6-5-16-10-17(23)20-26-16/h3-4,9-10H,5-8,11-12H2,1-2H3,(H,20,23). The Morgan fingerprint density at radius 1 is 1.15 bits per heavy atom. The fourth-order valence-electron chi connectivity index (χ4n) is 3.04. The van der Waals surface area contributed by atoms with Gasteiger partial charge in [-0.2, -0.15) is 5.16 Å². The van der Waals surface area contributed by atoms with E-state index in [2.05, 4.69) is 31.1 Å². The third kappa shape index (κ3) is 4.22. The van der Waals surface area contributed by atoms with Gasteiger partial charge in [0.25, 0.3) is 5.56 Å². The van der Waals surface area contributed by atoms with Crippen molar-refractivity contribution in [2.24, 2.45) is 0 Å². The van der Waals surface area contributed by atoms with E-state index in [1.54, 1.807) is 9.80 Å². The third-order valence-electron chi connectivity index (χ3n) is 4.78. The molecule has 2 heterocycles. The molecule has 1 aromatic carbocycles. The van der Waals surface area contributed by atoms with Gasteiger partial charge in [0.2, 0.25) is 11.8 Å². The Bertz CT molecular complexity index is 868. The molecule has 2 amide bonds. The molecule has 1 aliphatic heterocycles. The highest BCUT2D eigenvalue weighted by atomic mass is 16.5. The molecule has 1 fully saturated rings.